The van der Waals surface area contributed by atoms with Gasteiger partial charge in [-0.3, -0.25) is 15.2 Å². The van der Waals surface area contributed by atoms with Crippen molar-refractivity contribution in [2.24, 2.45) is 16.6 Å². The van der Waals surface area contributed by atoms with Crippen molar-refractivity contribution >= 4 is 34.5 Å². The Labute approximate surface area is 165 Å². The molecule has 0 fully saturated rings. The summed E-state index contributed by atoms with van der Waals surface area (Å²) in [5.74, 6) is 4.32. The third kappa shape index (κ3) is 4.46. The molecule has 0 saturated heterocycles. The van der Waals surface area contributed by atoms with Crippen LogP contribution in [0.1, 0.15) is 16.1 Å². The Kier molecular flexibility index (Phi) is 6.22. The van der Waals surface area contributed by atoms with E-state index in [2.05, 4.69) is 20.1 Å². The van der Waals surface area contributed by atoms with Crippen molar-refractivity contribution in [3.63, 3.8) is 0 Å². The van der Waals surface area contributed by atoms with E-state index in [1.165, 1.54) is 11.3 Å². The van der Waals surface area contributed by atoms with Crippen molar-refractivity contribution in [3.05, 3.63) is 82.3 Å². The lowest BCUT2D eigenvalue weighted by Crippen LogP contribution is -2.33. The molecular weight excluding hydrogens is 376 g/mol. The van der Waals surface area contributed by atoms with E-state index in [0.717, 1.165) is 22.5 Å². The summed E-state index contributed by atoms with van der Waals surface area (Å²) in [6.07, 6.45) is 0.704. The zero-order chi connectivity index (χ0) is 19.9. The molecule has 2 aromatic carbocycles. The van der Waals surface area contributed by atoms with Crippen molar-refractivity contribution in [3.8, 4) is 0 Å². The number of hydrogen-bond donors (Lipinski definition) is 4. The van der Waals surface area contributed by atoms with Crippen molar-refractivity contribution < 1.29 is 9.63 Å². The summed E-state index contributed by atoms with van der Waals surface area (Å²) in [7, 11) is 0. The Morgan fingerprint density at radius 3 is 2.54 bits per heavy atom. The molecule has 1 aliphatic rings. The summed E-state index contributed by atoms with van der Waals surface area (Å²) < 4.78 is 0. The normalized spacial score (nSPS) is 15.1. The lowest BCUT2D eigenvalue weighted by Gasteiger charge is -2.09. The zero-order valence-corrected chi connectivity index (χ0v) is 15.5. The Bertz CT molecular complexity index is 989. The molecule has 1 aromatic heterocycles. The zero-order valence-electron chi connectivity index (χ0n) is 14.7. The Hall–Kier alpha value is -3.40. The van der Waals surface area contributed by atoms with Gasteiger partial charge in [-0.1, -0.05) is 48.5 Å². The first-order valence-corrected chi connectivity index (χ1v) is 9.12. The van der Waals surface area contributed by atoms with Crippen LogP contribution in [0, 0.1) is 5.41 Å². The minimum absolute atomic E-state index is 0.0926. The molecular formula is C19H18N6O2S. The molecule has 0 bridgehead atoms. The van der Waals surface area contributed by atoms with E-state index in [-0.39, 0.29) is 11.8 Å². The first kappa shape index (κ1) is 19.4. The van der Waals surface area contributed by atoms with Crippen molar-refractivity contribution in [1.82, 2.24) is 4.98 Å². The first-order chi connectivity index (χ1) is 13.6. The molecule has 8 nitrogen and oxygen atoms in total. The number of hydrogen-bond acceptors (Lipinski definition) is 8. The maximum Gasteiger partial charge on any atom is 0.266 e. The van der Waals surface area contributed by atoms with Gasteiger partial charge in [0, 0.05) is 22.7 Å². The van der Waals surface area contributed by atoms with Gasteiger partial charge in [0.1, 0.15) is 0 Å². The molecule has 6 N–H and O–H groups in total. The number of rotatable bonds is 2. The molecule has 2 heterocycles. The molecule has 3 aromatic rings. The Morgan fingerprint density at radius 2 is 1.86 bits per heavy atom. The summed E-state index contributed by atoms with van der Waals surface area (Å²) in [5, 5.41) is 12.0. The van der Waals surface area contributed by atoms with Crippen LogP contribution in [0.3, 0.4) is 0 Å². The van der Waals surface area contributed by atoms with Crippen LogP contribution in [0.15, 0.2) is 71.2 Å². The predicted molar refractivity (Wildman–Crippen MR) is 109 cm³/mol. The van der Waals surface area contributed by atoms with Crippen molar-refractivity contribution in [1.29, 1.82) is 5.41 Å². The van der Waals surface area contributed by atoms with Gasteiger partial charge >= 0.3 is 0 Å². The number of anilines is 1. The quantitative estimate of drug-likeness (QED) is 0.299. The molecule has 9 heteroatoms. The van der Waals surface area contributed by atoms with E-state index in [0.29, 0.717) is 5.01 Å². The van der Waals surface area contributed by atoms with Crippen LogP contribution < -0.4 is 16.9 Å². The molecule has 1 unspecified atom stereocenters. The minimum atomic E-state index is -0.886. The van der Waals surface area contributed by atoms with E-state index >= 15 is 0 Å². The number of para-hydroxylation sites is 1. The lowest BCUT2D eigenvalue weighted by atomic mass is 10.0. The first-order valence-electron chi connectivity index (χ1n) is 8.24. The van der Waals surface area contributed by atoms with Crippen LogP contribution in [-0.2, 0) is 9.63 Å². The third-order valence-electron chi connectivity index (χ3n) is 3.77. The fourth-order valence-electron chi connectivity index (χ4n) is 2.48. The van der Waals surface area contributed by atoms with Gasteiger partial charge in [-0.05, 0) is 6.07 Å². The monoisotopic (exact) mass is 394 g/mol. The Morgan fingerprint density at radius 1 is 1.14 bits per heavy atom. The third-order valence-corrected chi connectivity index (χ3v) is 4.54. The second kappa shape index (κ2) is 9.00. The number of thiazole rings is 1. The SMILES string of the molecule is N=C(ON)c1nccs1.NC1N=C(c2ccccc2)c2ccccc2NC1=O. The minimum Gasteiger partial charge on any atom is -0.388 e. The van der Waals surface area contributed by atoms with E-state index in [4.69, 9.17) is 17.0 Å². The van der Waals surface area contributed by atoms with Gasteiger partial charge in [0.15, 0.2) is 11.2 Å². The second-order valence-electron chi connectivity index (χ2n) is 5.61. The molecule has 0 saturated carbocycles. The van der Waals surface area contributed by atoms with E-state index < -0.39 is 6.17 Å². The molecule has 1 amide bonds. The molecule has 0 radical (unpaired) electrons. The van der Waals surface area contributed by atoms with Crippen LogP contribution in [0.5, 0.6) is 0 Å². The number of nitrogens with two attached hydrogens (primary N) is 2. The van der Waals surface area contributed by atoms with Crippen LogP contribution in [0.2, 0.25) is 0 Å². The molecule has 142 valence electrons. The van der Waals surface area contributed by atoms with E-state index in [1.807, 2.05) is 54.6 Å². The number of carbonyl (C=O) groups is 1. The van der Waals surface area contributed by atoms with Crippen LogP contribution in [-0.4, -0.2) is 28.7 Å². The van der Waals surface area contributed by atoms with Gasteiger partial charge < -0.3 is 15.9 Å². The summed E-state index contributed by atoms with van der Waals surface area (Å²) in [6.45, 7) is 0. The van der Waals surface area contributed by atoms with Gasteiger partial charge in [-0.25, -0.2) is 4.98 Å². The summed E-state index contributed by atoms with van der Waals surface area (Å²) in [5.41, 5.74) is 9.09. The highest BCUT2D eigenvalue weighted by Crippen LogP contribution is 2.23. The lowest BCUT2D eigenvalue weighted by molar-refractivity contribution is -0.117. The summed E-state index contributed by atoms with van der Waals surface area (Å²) in [4.78, 5) is 24.1. The van der Waals surface area contributed by atoms with Gasteiger partial charge in [0.05, 0.1) is 11.4 Å². The maximum atomic E-state index is 11.8. The highest BCUT2D eigenvalue weighted by Gasteiger charge is 2.22. The number of nitrogens with one attached hydrogen (secondary N) is 2. The van der Waals surface area contributed by atoms with Crippen LogP contribution in [0.25, 0.3) is 0 Å². The molecule has 0 aliphatic carbocycles. The second-order valence-corrected chi connectivity index (χ2v) is 6.50. The van der Waals surface area contributed by atoms with E-state index in [9.17, 15) is 4.79 Å². The largest absolute Gasteiger partial charge is 0.388 e. The molecule has 1 aliphatic heterocycles. The van der Waals surface area contributed by atoms with Gasteiger partial charge in [-0.15, -0.1) is 11.3 Å². The number of carbonyl (C=O) groups excluding carboxylic acids is 1. The van der Waals surface area contributed by atoms with Gasteiger partial charge in [0.25, 0.3) is 11.8 Å². The average Bonchev–Trinajstić information content (AvgIpc) is 3.24. The Balaban J connectivity index is 0.000000211. The van der Waals surface area contributed by atoms with Crippen molar-refractivity contribution in [2.75, 3.05) is 5.32 Å². The predicted octanol–water partition coefficient (Wildman–Crippen LogP) is 2.12. The van der Waals surface area contributed by atoms with E-state index in [1.54, 1.807) is 11.6 Å². The topological polar surface area (TPSA) is 139 Å². The van der Waals surface area contributed by atoms with Gasteiger partial charge in [-0.2, -0.15) is 5.90 Å². The maximum absolute atomic E-state index is 11.8. The molecule has 1 atom stereocenters. The fraction of sp³-hybridized carbons (Fsp3) is 0.0526. The summed E-state index contributed by atoms with van der Waals surface area (Å²) in [6, 6.07) is 17.3. The molecule has 0 spiro atoms. The van der Waals surface area contributed by atoms with Gasteiger partial charge in [0.2, 0.25) is 0 Å². The molecule has 28 heavy (non-hydrogen) atoms. The highest BCUT2D eigenvalue weighted by molar-refractivity contribution is 7.11. The van der Waals surface area contributed by atoms with Crippen LogP contribution in [0.4, 0.5) is 5.69 Å². The smallest absolute Gasteiger partial charge is 0.266 e. The fourth-order valence-corrected chi connectivity index (χ4v) is 3.01. The highest BCUT2D eigenvalue weighted by atomic mass is 32.1. The number of aromatic nitrogens is 1. The number of aliphatic imine (C=N–C) groups is 1. The molecule has 4 rings (SSSR count). The van der Waals surface area contributed by atoms with Crippen LogP contribution >= 0.6 is 11.3 Å². The summed E-state index contributed by atoms with van der Waals surface area (Å²) >= 11 is 1.31. The number of fused-ring (bicyclic) bond motifs is 1. The number of nitrogens with zero attached hydrogens (tertiary/aromatic N) is 2. The standard InChI is InChI=1S/C15H13N3O.C4H5N3OS/c16-14-15(19)17-12-9-5-4-8-11(12)13(18-14)10-6-2-1-3-7-10;5-3(8-6)4-7-1-2-9-4/h1-9,14H,16H2,(H,17,19);1-2,5H,6H2. The van der Waals surface area contributed by atoms with Crippen molar-refractivity contribution in [2.45, 2.75) is 6.17 Å². The average molecular weight is 394 g/mol. The number of amides is 1. The number of benzene rings is 2. The number of benzodiazepines with no additional fused rings is 1.